The Labute approximate surface area is 132 Å². The number of hydrogen-bond donors (Lipinski definition) is 0. The second-order valence-electron chi connectivity index (χ2n) is 5.05. The summed E-state index contributed by atoms with van der Waals surface area (Å²) in [5, 5.41) is 12.1. The highest BCUT2D eigenvalue weighted by molar-refractivity contribution is 8.00. The number of fused-ring (bicyclic) bond motifs is 2. The molecule has 0 radical (unpaired) electrons. The van der Waals surface area contributed by atoms with Crippen LogP contribution >= 0.6 is 11.8 Å². The number of rotatable bonds is 3. The first-order chi connectivity index (χ1) is 10.6. The zero-order valence-electron chi connectivity index (χ0n) is 12.4. The van der Waals surface area contributed by atoms with E-state index in [1.807, 2.05) is 43.3 Å². The predicted molar refractivity (Wildman–Crippen MR) is 90.1 cm³/mol. The molecule has 2 aromatic carbocycles. The molecular formula is C17H15N3OS. The van der Waals surface area contributed by atoms with Gasteiger partial charge in [-0.15, -0.1) is 0 Å². The van der Waals surface area contributed by atoms with E-state index >= 15 is 0 Å². The highest BCUT2D eigenvalue weighted by Gasteiger charge is 2.14. The molecule has 0 aliphatic carbocycles. The molecule has 4 nitrogen and oxygen atoms in total. The van der Waals surface area contributed by atoms with Crippen LogP contribution in [0.1, 0.15) is 13.8 Å². The van der Waals surface area contributed by atoms with Gasteiger partial charge >= 0.3 is 0 Å². The van der Waals surface area contributed by atoms with Crippen LogP contribution in [0.5, 0.6) is 0 Å². The molecule has 3 aromatic rings. The highest BCUT2D eigenvalue weighted by Crippen LogP contribution is 2.24. The zero-order valence-corrected chi connectivity index (χ0v) is 13.2. The van der Waals surface area contributed by atoms with Gasteiger partial charge in [-0.3, -0.25) is 9.36 Å². The SMILES string of the molecule is CCn1c(S[C@@H](C)C#N)nc2cc3ccccc3cc2c1=O. The lowest BCUT2D eigenvalue weighted by Gasteiger charge is -2.12. The lowest BCUT2D eigenvalue weighted by atomic mass is 10.1. The molecule has 22 heavy (non-hydrogen) atoms. The monoisotopic (exact) mass is 309 g/mol. The smallest absolute Gasteiger partial charge is 0.262 e. The third kappa shape index (κ3) is 2.46. The summed E-state index contributed by atoms with van der Waals surface area (Å²) in [5.41, 5.74) is 0.631. The molecule has 0 spiro atoms. The minimum atomic E-state index is -0.248. The average molecular weight is 309 g/mol. The van der Waals surface area contributed by atoms with Crippen LogP contribution in [0.25, 0.3) is 21.7 Å². The molecule has 1 aromatic heterocycles. The number of thioether (sulfide) groups is 1. The predicted octanol–water partition coefficient (Wildman–Crippen LogP) is 3.57. The van der Waals surface area contributed by atoms with Gasteiger partial charge in [-0.05, 0) is 36.8 Å². The van der Waals surface area contributed by atoms with Crippen molar-refractivity contribution in [1.29, 1.82) is 5.26 Å². The Morgan fingerprint density at radius 2 is 2.00 bits per heavy atom. The molecule has 0 N–H and O–H groups in total. The molecule has 0 saturated heterocycles. The van der Waals surface area contributed by atoms with Crippen molar-refractivity contribution in [2.75, 3.05) is 0 Å². The highest BCUT2D eigenvalue weighted by atomic mass is 32.2. The van der Waals surface area contributed by atoms with Gasteiger partial charge in [0.2, 0.25) is 0 Å². The van der Waals surface area contributed by atoms with Crippen molar-refractivity contribution in [1.82, 2.24) is 9.55 Å². The summed E-state index contributed by atoms with van der Waals surface area (Å²) in [6.07, 6.45) is 0. The molecule has 1 heterocycles. The molecule has 3 rings (SSSR count). The van der Waals surface area contributed by atoms with Crippen molar-refractivity contribution in [3.8, 4) is 6.07 Å². The molecule has 1 atom stereocenters. The maximum Gasteiger partial charge on any atom is 0.262 e. The number of hydrogen-bond acceptors (Lipinski definition) is 4. The summed E-state index contributed by atoms with van der Waals surface area (Å²) in [4.78, 5) is 17.3. The van der Waals surface area contributed by atoms with Gasteiger partial charge in [0, 0.05) is 6.54 Å². The van der Waals surface area contributed by atoms with Crippen LogP contribution in [0, 0.1) is 11.3 Å². The lowest BCUT2D eigenvalue weighted by Crippen LogP contribution is -2.23. The summed E-state index contributed by atoms with van der Waals surface area (Å²) in [7, 11) is 0. The van der Waals surface area contributed by atoms with Crippen molar-refractivity contribution in [2.45, 2.75) is 30.8 Å². The first-order valence-electron chi connectivity index (χ1n) is 7.13. The molecule has 0 unspecified atom stereocenters. The van der Waals surface area contributed by atoms with Crippen molar-refractivity contribution < 1.29 is 0 Å². The third-order valence-corrected chi connectivity index (χ3v) is 4.55. The summed E-state index contributed by atoms with van der Waals surface area (Å²) in [5.74, 6) is 0. The number of nitrogens with zero attached hydrogens (tertiary/aromatic N) is 3. The van der Waals surface area contributed by atoms with Crippen LogP contribution in [0.3, 0.4) is 0 Å². The van der Waals surface area contributed by atoms with Crippen molar-refractivity contribution in [2.24, 2.45) is 0 Å². The van der Waals surface area contributed by atoms with Crippen LogP contribution in [0.2, 0.25) is 0 Å². The molecule has 5 heteroatoms. The van der Waals surface area contributed by atoms with E-state index in [1.165, 1.54) is 11.8 Å². The minimum absolute atomic E-state index is 0.0501. The topological polar surface area (TPSA) is 58.7 Å². The van der Waals surface area contributed by atoms with Crippen molar-refractivity contribution in [3.05, 3.63) is 46.8 Å². The van der Waals surface area contributed by atoms with Gasteiger partial charge in [-0.2, -0.15) is 5.26 Å². The largest absolute Gasteiger partial charge is 0.287 e. The second-order valence-corrected chi connectivity index (χ2v) is 6.36. The van der Waals surface area contributed by atoms with E-state index in [0.29, 0.717) is 22.6 Å². The summed E-state index contributed by atoms with van der Waals surface area (Å²) in [6, 6.07) is 13.9. The Kier molecular flexibility index (Phi) is 3.86. The van der Waals surface area contributed by atoms with Gasteiger partial charge in [0.15, 0.2) is 5.16 Å². The first kappa shape index (κ1) is 14.6. The van der Waals surface area contributed by atoms with Gasteiger partial charge in [-0.1, -0.05) is 36.0 Å². The van der Waals surface area contributed by atoms with Crippen LogP contribution in [0.15, 0.2) is 46.3 Å². The molecule has 0 fully saturated rings. The van der Waals surface area contributed by atoms with E-state index in [0.717, 1.165) is 10.8 Å². The van der Waals surface area contributed by atoms with Crippen molar-refractivity contribution >= 4 is 33.4 Å². The maximum absolute atomic E-state index is 12.7. The molecule has 0 saturated carbocycles. The lowest BCUT2D eigenvalue weighted by molar-refractivity contribution is 0.634. The second kappa shape index (κ2) is 5.82. The first-order valence-corrected chi connectivity index (χ1v) is 8.01. The number of aromatic nitrogens is 2. The van der Waals surface area contributed by atoms with E-state index in [9.17, 15) is 4.79 Å². The van der Waals surface area contributed by atoms with Crippen molar-refractivity contribution in [3.63, 3.8) is 0 Å². The van der Waals surface area contributed by atoms with E-state index in [2.05, 4.69) is 11.1 Å². The normalized spacial score (nSPS) is 12.4. The molecule has 0 aliphatic heterocycles. The standard InChI is InChI=1S/C17H15N3OS/c1-3-20-16(21)14-8-12-6-4-5-7-13(12)9-15(14)19-17(20)22-11(2)10-18/h4-9,11H,3H2,1-2H3/t11-/m0/s1. The fourth-order valence-corrected chi connectivity index (χ4v) is 3.30. The van der Waals surface area contributed by atoms with Gasteiger partial charge in [-0.25, -0.2) is 4.98 Å². The molecule has 0 aliphatic rings. The molecule has 0 bridgehead atoms. The molecule has 0 amide bonds. The summed E-state index contributed by atoms with van der Waals surface area (Å²) < 4.78 is 1.63. The Balaban J connectivity index is 2.32. The fraction of sp³-hybridized carbons (Fsp3) is 0.235. The number of nitriles is 1. The van der Waals surface area contributed by atoms with Crippen LogP contribution in [-0.4, -0.2) is 14.8 Å². The Morgan fingerprint density at radius 3 is 2.64 bits per heavy atom. The Morgan fingerprint density at radius 1 is 1.32 bits per heavy atom. The minimum Gasteiger partial charge on any atom is -0.287 e. The van der Waals surface area contributed by atoms with Gasteiger partial charge in [0.25, 0.3) is 5.56 Å². The van der Waals surface area contributed by atoms with Crippen LogP contribution < -0.4 is 5.56 Å². The summed E-state index contributed by atoms with van der Waals surface area (Å²) in [6.45, 7) is 4.26. The van der Waals surface area contributed by atoms with Gasteiger partial charge in [0.1, 0.15) is 0 Å². The van der Waals surface area contributed by atoms with Crippen LogP contribution in [-0.2, 0) is 6.54 Å². The Hall–Kier alpha value is -2.32. The van der Waals surface area contributed by atoms with E-state index in [1.54, 1.807) is 11.5 Å². The zero-order chi connectivity index (χ0) is 15.7. The van der Waals surface area contributed by atoms with E-state index < -0.39 is 0 Å². The van der Waals surface area contributed by atoms with E-state index in [-0.39, 0.29) is 10.8 Å². The maximum atomic E-state index is 12.7. The average Bonchev–Trinajstić information content (AvgIpc) is 2.53. The summed E-state index contributed by atoms with van der Waals surface area (Å²) >= 11 is 1.32. The van der Waals surface area contributed by atoms with Gasteiger partial charge < -0.3 is 0 Å². The Bertz CT molecular complexity index is 956. The quantitative estimate of drug-likeness (QED) is 0.421. The van der Waals surface area contributed by atoms with E-state index in [4.69, 9.17) is 5.26 Å². The molecule has 110 valence electrons. The van der Waals surface area contributed by atoms with Gasteiger partial charge in [0.05, 0.1) is 22.2 Å². The third-order valence-electron chi connectivity index (χ3n) is 3.57. The van der Waals surface area contributed by atoms with Crippen LogP contribution in [0.4, 0.5) is 0 Å². The molecular weight excluding hydrogens is 294 g/mol. The fourth-order valence-electron chi connectivity index (χ4n) is 2.44. The number of benzene rings is 2.